The molecule has 1 N–H and O–H groups in total. The van der Waals surface area contributed by atoms with E-state index in [0.717, 1.165) is 16.9 Å². The Hall–Kier alpha value is -1.63. The molecule has 0 aliphatic carbocycles. The van der Waals surface area contributed by atoms with Crippen molar-refractivity contribution in [1.82, 2.24) is 9.97 Å². The molecule has 0 fully saturated rings. The van der Waals surface area contributed by atoms with Crippen LogP contribution in [0, 0.1) is 0 Å². The van der Waals surface area contributed by atoms with E-state index in [1.54, 1.807) is 24.5 Å². The summed E-state index contributed by atoms with van der Waals surface area (Å²) < 4.78 is 35.9. The van der Waals surface area contributed by atoms with Gasteiger partial charge in [-0.2, -0.15) is 13.2 Å². The maximum absolute atomic E-state index is 12.0. The van der Waals surface area contributed by atoms with Gasteiger partial charge in [0.05, 0.1) is 6.20 Å². The number of rotatable bonds is 3. The van der Waals surface area contributed by atoms with Crippen LogP contribution in [0.5, 0.6) is 0 Å². The van der Waals surface area contributed by atoms with Crippen molar-refractivity contribution in [2.75, 3.05) is 11.9 Å². The number of thiazole rings is 1. The quantitative estimate of drug-likeness (QED) is 0.920. The standard InChI is InChI=1S/C10H8F3N3S/c11-10(12,13)6-16-8-5-15-9(17-8)7-2-1-3-14-4-7/h1-5,16H,6H2. The monoisotopic (exact) mass is 259 g/mol. The van der Waals surface area contributed by atoms with Crippen LogP contribution < -0.4 is 5.32 Å². The highest BCUT2D eigenvalue weighted by molar-refractivity contribution is 7.18. The fourth-order valence-electron chi connectivity index (χ4n) is 1.17. The molecule has 0 saturated carbocycles. The lowest BCUT2D eigenvalue weighted by molar-refractivity contribution is -0.115. The van der Waals surface area contributed by atoms with Crippen molar-refractivity contribution in [2.45, 2.75) is 6.18 Å². The number of anilines is 1. The summed E-state index contributed by atoms with van der Waals surface area (Å²) >= 11 is 1.16. The predicted molar refractivity (Wildman–Crippen MR) is 59.9 cm³/mol. The molecule has 0 bridgehead atoms. The van der Waals surface area contributed by atoms with Crippen molar-refractivity contribution in [3.63, 3.8) is 0 Å². The molecule has 2 heterocycles. The summed E-state index contributed by atoms with van der Waals surface area (Å²) in [4.78, 5) is 7.96. The number of hydrogen-bond acceptors (Lipinski definition) is 4. The molecule has 7 heteroatoms. The zero-order valence-electron chi connectivity index (χ0n) is 8.53. The Bertz CT molecular complexity index is 481. The van der Waals surface area contributed by atoms with Gasteiger partial charge in [0.25, 0.3) is 0 Å². The molecule has 0 radical (unpaired) electrons. The van der Waals surface area contributed by atoms with Crippen LogP contribution in [-0.4, -0.2) is 22.7 Å². The van der Waals surface area contributed by atoms with Crippen LogP contribution in [-0.2, 0) is 0 Å². The first-order valence-electron chi connectivity index (χ1n) is 4.71. The second-order valence-corrected chi connectivity index (χ2v) is 4.27. The van der Waals surface area contributed by atoms with Crippen molar-refractivity contribution in [3.05, 3.63) is 30.7 Å². The van der Waals surface area contributed by atoms with E-state index < -0.39 is 12.7 Å². The van der Waals surface area contributed by atoms with Gasteiger partial charge in [0.2, 0.25) is 0 Å². The third kappa shape index (κ3) is 3.42. The topological polar surface area (TPSA) is 37.8 Å². The molecule has 0 saturated heterocycles. The van der Waals surface area contributed by atoms with Gasteiger partial charge in [-0.15, -0.1) is 0 Å². The second kappa shape index (κ2) is 4.70. The van der Waals surface area contributed by atoms with Gasteiger partial charge in [0, 0.05) is 18.0 Å². The van der Waals surface area contributed by atoms with E-state index in [-0.39, 0.29) is 0 Å². The number of pyridine rings is 1. The Morgan fingerprint density at radius 1 is 1.29 bits per heavy atom. The highest BCUT2D eigenvalue weighted by atomic mass is 32.1. The molecule has 0 spiro atoms. The third-order valence-electron chi connectivity index (χ3n) is 1.88. The van der Waals surface area contributed by atoms with Crippen molar-refractivity contribution < 1.29 is 13.2 Å². The smallest absolute Gasteiger partial charge is 0.367 e. The van der Waals surface area contributed by atoms with E-state index in [9.17, 15) is 13.2 Å². The van der Waals surface area contributed by atoms with E-state index in [1.807, 2.05) is 0 Å². The van der Waals surface area contributed by atoms with Gasteiger partial charge in [-0.3, -0.25) is 4.98 Å². The Labute approximate surface area is 99.3 Å². The molecule has 2 aromatic rings. The fraction of sp³-hybridized carbons (Fsp3) is 0.200. The Kier molecular flexibility index (Phi) is 3.28. The van der Waals surface area contributed by atoms with Crippen molar-refractivity contribution in [1.29, 1.82) is 0 Å². The molecule has 0 atom stereocenters. The molecule has 90 valence electrons. The lowest BCUT2D eigenvalue weighted by Gasteiger charge is -2.06. The highest BCUT2D eigenvalue weighted by Crippen LogP contribution is 2.28. The van der Waals surface area contributed by atoms with Crippen molar-refractivity contribution in [2.24, 2.45) is 0 Å². The van der Waals surface area contributed by atoms with Crippen LogP contribution in [0.25, 0.3) is 10.6 Å². The van der Waals surface area contributed by atoms with E-state index in [0.29, 0.717) is 10.0 Å². The minimum atomic E-state index is -4.22. The van der Waals surface area contributed by atoms with Gasteiger partial charge in [0.1, 0.15) is 16.6 Å². The maximum Gasteiger partial charge on any atom is 0.405 e. The van der Waals surface area contributed by atoms with Crippen LogP contribution in [0.2, 0.25) is 0 Å². The second-order valence-electron chi connectivity index (χ2n) is 3.24. The van der Waals surface area contributed by atoms with Crippen LogP contribution in [0.3, 0.4) is 0 Å². The Morgan fingerprint density at radius 2 is 2.12 bits per heavy atom. The minimum Gasteiger partial charge on any atom is -0.367 e. The SMILES string of the molecule is FC(F)(F)CNc1cnc(-c2cccnc2)s1. The van der Waals surface area contributed by atoms with Crippen LogP contribution in [0.4, 0.5) is 18.2 Å². The average molecular weight is 259 g/mol. The summed E-state index contributed by atoms with van der Waals surface area (Å²) in [6, 6.07) is 3.55. The van der Waals surface area contributed by atoms with Gasteiger partial charge in [-0.1, -0.05) is 11.3 Å². The van der Waals surface area contributed by atoms with Crippen LogP contribution >= 0.6 is 11.3 Å². The van der Waals surface area contributed by atoms with E-state index >= 15 is 0 Å². The molecular weight excluding hydrogens is 251 g/mol. The summed E-state index contributed by atoms with van der Waals surface area (Å²) in [5.41, 5.74) is 0.789. The molecule has 3 nitrogen and oxygen atoms in total. The van der Waals surface area contributed by atoms with Gasteiger partial charge in [-0.05, 0) is 12.1 Å². The highest BCUT2D eigenvalue weighted by Gasteiger charge is 2.26. The van der Waals surface area contributed by atoms with Crippen molar-refractivity contribution in [3.8, 4) is 10.6 Å². The molecule has 0 aromatic carbocycles. The van der Waals surface area contributed by atoms with Crippen molar-refractivity contribution >= 4 is 16.3 Å². The molecule has 0 amide bonds. The van der Waals surface area contributed by atoms with E-state index in [4.69, 9.17) is 0 Å². The Balaban J connectivity index is 2.07. The lowest BCUT2D eigenvalue weighted by Crippen LogP contribution is -2.20. The summed E-state index contributed by atoms with van der Waals surface area (Å²) in [6.45, 7) is -1.05. The maximum atomic E-state index is 12.0. The summed E-state index contributed by atoms with van der Waals surface area (Å²) in [5.74, 6) is 0. The fourth-order valence-corrected chi connectivity index (χ4v) is 1.97. The normalized spacial score (nSPS) is 11.5. The minimum absolute atomic E-state index is 0.390. The van der Waals surface area contributed by atoms with Gasteiger partial charge in [0.15, 0.2) is 0 Å². The van der Waals surface area contributed by atoms with E-state index in [1.165, 1.54) is 6.20 Å². The summed E-state index contributed by atoms with van der Waals surface area (Å²) in [7, 11) is 0. The molecule has 0 unspecified atom stereocenters. The number of hydrogen-bond donors (Lipinski definition) is 1. The summed E-state index contributed by atoms with van der Waals surface area (Å²) in [6.07, 6.45) is 0.406. The number of aromatic nitrogens is 2. The van der Waals surface area contributed by atoms with Gasteiger partial charge >= 0.3 is 6.18 Å². The molecule has 17 heavy (non-hydrogen) atoms. The number of alkyl halides is 3. The zero-order chi connectivity index (χ0) is 12.3. The summed E-state index contributed by atoms with van der Waals surface area (Å²) in [5, 5.41) is 3.32. The first-order valence-corrected chi connectivity index (χ1v) is 5.53. The number of halogens is 3. The van der Waals surface area contributed by atoms with Gasteiger partial charge in [-0.25, -0.2) is 4.98 Å². The van der Waals surface area contributed by atoms with Crippen LogP contribution in [0.1, 0.15) is 0 Å². The predicted octanol–water partition coefficient (Wildman–Crippen LogP) is 3.18. The van der Waals surface area contributed by atoms with E-state index in [2.05, 4.69) is 15.3 Å². The molecule has 0 aliphatic rings. The first-order chi connectivity index (χ1) is 8.04. The van der Waals surface area contributed by atoms with Crippen LogP contribution in [0.15, 0.2) is 30.7 Å². The average Bonchev–Trinajstić information content (AvgIpc) is 2.75. The molecular formula is C10H8F3N3S. The first kappa shape index (κ1) is 11.8. The molecule has 2 aromatic heterocycles. The zero-order valence-corrected chi connectivity index (χ0v) is 9.35. The Morgan fingerprint density at radius 3 is 2.76 bits per heavy atom. The number of nitrogens with one attached hydrogen (secondary N) is 1. The number of nitrogens with zero attached hydrogens (tertiary/aromatic N) is 2. The molecule has 2 rings (SSSR count). The van der Waals surface area contributed by atoms with Gasteiger partial charge < -0.3 is 5.32 Å². The largest absolute Gasteiger partial charge is 0.405 e. The molecule has 0 aliphatic heterocycles. The lowest BCUT2D eigenvalue weighted by atomic mass is 10.3. The third-order valence-corrected chi connectivity index (χ3v) is 2.88.